The smallest absolute Gasteiger partial charge is 0.238 e. The van der Waals surface area contributed by atoms with Crippen LogP contribution in [0.15, 0.2) is 18.2 Å². The van der Waals surface area contributed by atoms with E-state index in [0.29, 0.717) is 12.5 Å². The van der Waals surface area contributed by atoms with Gasteiger partial charge < -0.3 is 19.7 Å². The van der Waals surface area contributed by atoms with Crippen molar-refractivity contribution in [2.24, 2.45) is 5.92 Å². The van der Waals surface area contributed by atoms with E-state index >= 15 is 0 Å². The molecule has 1 unspecified atom stereocenters. The minimum atomic E-state index is 0.409. The van der Waals surface area contributed by atoms with E-state index in [2.05, 4.69) is 20.7 Å². The van der Waals surface area contributed by atoms with Gasteiger partial charge in [0.2, 0.25) is 11.1 Å². The Hall–Kier alpha value is -2.02. The highest BCUT2D eigenvalue weighted by Gasteiger charge is 2.22. The molecule has 0 amide bonds. The molecule has 0 saturated heterocycles. The van der Waals surface area contributed by atoms with Gasteiger partial charge in [-0.25, -0.2) is 0 Å². The lowest BCUT2D eigenvalue weighted by Gasteiger charge is -2.26. The molecule has 3 rings (SSSR count). The van der Waals surface area contributed by atoms with Gasteiger partial charge in [0.1, 0.15) is 0 Å². The van der Waals surface area contributed by atoms with Gasteiger partial charge in [0.15, 0.2) is 11.5 Å². The number of aromatic nitrogens is 2. The number of fused-ring (bicyclic) bond motifs is 1. The van der Waals surface area contributed by atoms with Crippen molar-refractivity contribution in [1.29, 1.82) is 0 Å². The number of methoxy groups -OCH3 is 1. The summed E-state index contributed by atoms with van der Waals surface area (Å²) < 4.78 is 15.5. The Morgan fingerprint density at radius 2 is 2.32 bits per heavy atom. The van der Waals surface area contributed by atoms with Crippen LogP contribution in [0.4, 0.5) is 11.1 Å². The van der Waals surface area contributed by atoms with Gasteiger partial charge in [-0.1, -0.05) is 12.1 Å². The van der Waals surface area contributed by atoms with Crippen LogP contribution in [0.1, 0.15) is 5.56 Å². The van der Waals surface area contributed by atoms with Gasteiger partial charge in [-0.2, -0.15) is 9.36 Å². The SMILES string of the molecule is COc1cccc2c1OCC(CNc1nc(N(C)C)ns1)C2. The lowest BCUT2D eigenvalue weighted by atomic mass is 9.96. The van der Waals surface area contributed by atoms with Gasteiger partial charge in [0.05, 0.1) is 13.7 Å². The monoisotopic (exact) mass is 320 g/mol. The van der Waals surface area contributed by atoms with Crippen LogP contribution in [0.2, 0.25) is 0 Å². The van der Waals surface area contributed by atoms with E-state index in [9.17, 15) is 0 Å². The molecule has 0 spiro atoms. The molecule has 7 heteroatoms. The Morgan fingerprint density at radius 3 is 3.05 bits per heavy atom. The van der Waals surface area contributed by atoms with Crippen molar-refractivity contribution in [2.45, 2.75) is 6.42 Å². The molecule has 0 radical (unpaired) electrons. The van der Waals surface area contributed by atoms with Crippen LogP contribution in [-0.4, -0.2) is 43.7 Å². The topological polar surface area (TPSA) is 59.5 Å². The van der Waals surface area contributed by atoms with Gasteiger partial charge in [-0.15, -0.1) is 0 Å². The molecular formula is C15H20N4O2S. The van der Waals surface area contributed by atoms with E-state index in [0.717, 1.165) is 35.5 Å². The quantitative estimate of drug-likeness (QED) is 0.912. The zero-order chi connectivity index (χ0) is 15.5. The third kappa shape index (κ3) is 3.09. The normalized spacial score (nSPS) is 16.6. The van der Waals surface area contributed by atoms with Crippen LogP contribution < -0.4 is 19.7 Å². The number of ether oxygens (including phenoxy) is 2. The fraction of sp³-hybridized carbons (Fsp3) is 0.467. The molecule has 1 aromatic heterocycles. The predicted octanol–water partition coefficient (Wildman–Crippen LogP) is 2.28. The maximum absolute atomic E-state index is 5.88. The van der Waals surface area contributed by atoms with E-state index in [-0.39, 0.29) is 0 Å². The molecule has 1 aliphatic heterocycles. The summed E-state index contributed by atoms with van der Waals surface area (Å²) in [4.78, 5) is 6.32. The zero-order valence-corrected chi connectivity index (χ0v) is 13.8. The van der Waals surface area contributed by atoms with Crippen LogP contribution in [0, 0.1) is 5.92 Å². The maximum atomic E-state index is 5.88. The second-order valence-corrected chi connectivity index (χ2v) is 6.26. The molecule has 2 aromatic rings. The first-order chi connectivity index (χ1) is 10.7. The van der Waals surface area contributed by atoms with Crippen LogP contribution in [0.3, 0.4) is 0 Å². The summed E-state index contributed by atoms with van der Waals surface area (Å²) in [5.41, 5.74) is 1.20. The second kappa shape index (κ2) is 6.39. The summed E-state index contributed by atoms with van der Waals surface area (Å²) in [6.45, 7) is 1.50. The first-order valence-electron chi connectivity index (χ1n) is 7.21. The number of hydrogen-bond donors (Lipinski definition) is 1. The first-order valence-corrected chi connectivity index (χ1v) is 7.98. The number of benzene rings is 1. The summed E-state index contributed by atoms with van der Waals surface area (Å²) >= 11 is 1.38. The Balaban J connectivity index is 1.60. The minimum Gasteiger partial charge on any atom is -0.493 e. The molecule has 1 aromatic carbocycles. The zero-order valence-electron chi connectivity index (χ0n) is 13.0. The van der Waals surface area contributed by atoms with Crippen LogP contribution in [0.5, 0.6) is 11.5 Å². The molecule has 6 nitrogen and oxygen atoms in total. The van der Waals surface area contributed by atoms with E-state index < -0.39 is 0 Å². The van der Waals surface area contributed by atoms with Crippen molar-refractivity contribution in [3.8, 4) is 11.5 Å². The molecule has 0 fully saturated rings. The molecular weight excluding hydrogens is 300 g/mol. The predicted molar refractivity (Wildman–Crippen MR) is 88.4 cm³/mol. The number of hydrogen-bond acceptors (Lipinski definition) is 7. The van der Waals surface area contributed by atoms with Gasteiger partial charge in [-0.3, -0.25) is 0 Å². The molecule has 22 heavy (non-hydrogen) atoms. The first kappa shape index (κ1) is 14.9. The lowest BCUT2D eigenvalue weighted by Crippen LogP contribution is -2.27. The molecule has 1 aliphatic rings. The van der Waals surface area contributed by atoms with Gasteiger partial charge in [-0.05, 0) is 18.1 Å². The minimum absolute atomic E-state index is 0.409. The molecule has 0 bridgehead atoms. The highest BCUT2D eigenvalue weighted by atomic mass is 32.1. The summed E-state index contributed by atoms with van der Waals surface area (Å²) in [7, 11) is 5.54. The Bertz CT molecular complexity index is 644. The largest absolute Gasteiger partial charge is 0.493 e. The lowest BCUT2D eigenvalue weighted by molar-refractivity contribution is 0.218. The van der Waals surface area contributed by atoms with Crippen LogP contribution in [-0.2, 0) is 6.42 Å². The highest BCUT2D eigenvalue weighted by Crippen LogP contribution is 2.36. The Labute approximate surface area is 134 Å². The molecule has 0 aliphatic carbocycles. The molecule has 118 valence electrons. The average Bonchev–Trinajstić information content (AvgIpc) is 3.01. The Kier molecular flexibility index (Phi) is 4.33. The van der Waals surface area contributed by atoms with Crippen molar-refractivity contribution >= 4 is 22.6 Å². The van der Waals surface area contributed by atoms with E-state index in [1.54, 1.807) is 7.11 Å². The fourth-order valence-corrected chi connectivity index (χ4v) is 3.09. The summed E-state index contributed by atoms with van der Waals surface area (Å²) in [5, 5.41) is 4.20. The number of nitrogens with zero attached hydrogens (tertiary/aromatic N) is 3. The van der Waals surface area contributed by atoms with Crippen LogP contribution in [0.25, 0.3) is 0 Å². The van der Waals surface area contributed by atoms with Crippen molar-refractivity contribution < 1.29 is 9.47 Å². The molecule has 2 heterocycles. The summed E-state index contributed by atoms with van der Waals surface area (Å²) in [6, 6.07) is 6.03. The molecule has 1 atom stereocenters. The third-order valence-electron chi connectivity index (χ3n) is 3.61. The van der Waals surface area contributed by atoms with Crippen LogP contribution >= 0.6 is 11.5 Å². The van der Waals surface area contributed by atoms with Crippen molar-refractivity contribution in [3.63, 3.8) is 0 Å². The molecule has 1 N–H and O–H groups in total. The van der Waals surface area contributed by atoms with Gasteiger partial charge in [0.25, 0.3) is 0 Å². The van der Waals surface area contributed by atoms with E-state index in [1.165, 1.54) is 17.1 Å². The molecule has 0 saturated carbocycles. The van der Waals surface area contributed by atoms with E-state index in [4.69, 9.17) is 9.47 Å². The second-order valence-electron chi connectivity index (χ2n) is 5.50. The van der Waals surface area contributed by atoms with Crippen molar-refractivity contribution in [3.05, 3.63) is 23.8 Å². The summed E-state index contributed by atoms with van der Waals surface area (Å²) in [5.74, 6) is 2.84. The van der Waals surface area contributed by atoms with Gasteiger partial charge >= 0.3 is 0 Å². The summed E-state index contributed by atoms with van der Waals surface area (Å²) in [6.07, 6.45) is 0.971. The average molecular weight is 320 g/mol. The third-order valence-corrected chi connectivity index (χ3v) is 4.27. The Morgan fingerprint density at radius 1 is 1.45 bits per heavy atom. The van der Waals surface area contributed by atoms with Crippen molar-refractivity contribution in [1.82, 2.24) is 9.36 Å². The maximum Gasteiger partial charge on any atom is 0.238 e. The fourth-order valence-electron chi connectivity index (χ4n) is 2.45. The number of rotatable bonds is 5. The van der Waals surface area contributed by atoms with E-state index in [1.807, 2.05) is 31.1 Å². The number of nitrogens with one attached hydrogen (secondary N) is 1. The van der Waals surface area contributed by atoms with Gasteiger partial charge in [0, 0.05) is 38.1 Å². The standard InChI is InChI=1S/C15H20N4O2S/c1-19(2)14-17-15(22-18-14)16-8-10-7-11-5-4-6-12(20-3)13(11)21-9-10/h4-6,10H,7-9H2,1-3H3,(H,16,17,18). The number of para-hydroxylation sites is 1. The number of anilines is 2. The van der Waals surface area contributed by atoms with Crippen molar-refractivity contribution in [2.75, 3.05) is 44.6 Å². The highest BCUT2D eigenvalue weighted by molar-refractivity contribution is 7.09.